The zero-order chi connectivity index (χ0) is 16.9. The summed E-state index contributed by atoms with van der Waals surface area (Å²) in [7, 11) is 1.75. The zero-order valence-corrected chi connectivity index (χ0v) is 14.8. The Morgan fingerprint density at radius 3 is 2.88 bits per heavy atom. The van der Waals surface area contributed by atoms with Gasteiger partial charge >= 0.3 is 6.09 Å². The lowest BCUT2D eigenvalue weighted by atomic mass is 9.86. The molecule has 0 N–H and O–H groups in total. The Kier molecular flexibility index (Phi) is 5.61. The van der Waals surface area contributed by atoms with Gasteiger partial charge in [0.2, 0.25) is 0 Å². The molecule has 1 heterocycles. The summed E-state index contributed by atoms with van der Waals surface area (Å²) in [6, 6.07) is 6.84. The van der Waals surface area contributed by atoms with Crippen molar-refractivity contribution in [3.63, 3.8) is 0 Å². The van der Waals surface area contributed by atoms with Crippen LogP contribution >= 0.6 is 0 Å². The Bertz CT molecular complexity index is 576. The molecule has 1 amide bonds. The number of carbonyl (C=O) groups is 1. The molecule has 132 valence electrons. The second-order valence-electron chi connectivity index (χ2n) is 6.51. The van der Waals surface area contributed by atoms with Gasteiger partial charge in [-0.2, -0.15) is 0 Å². The Morgan fingerprint density at radius 2 is 2.08 bits per heavy atom. The van der Waals surface area contributed by atoms with E-state index in [1.807, 2.05) is 11.8 Å². The van der Waals surface area contributed by atoms with Crippen LogP contribution in [0.15, 0.2) is 18.2 Å². The molecule has 5 nitrogen and oxygen atoms in total. The first kappa shape index (κ1) is 17.1. The van der Waals surface area contributed by atoms with Crippen LogP contribution in [0, 0.1) is 0 Å². The number of methoxy groups -OCH3 is 1. The fourth-order valence-electron chi connectivity index (χ4n) is 4.01. The van der Waals surface area contributed by atoms with Crippen LogP contribution in [0.2, 0.25) is 0 Å². The highest BCUT2D eigenvalue weighted by atomic mass is 16.6. The zero-order valence-electron chi connectivity index (χ0n) is 14.8. The predicted octanol–water partition coefficient (Wildman–Crippen LogP) is 3.24. The van der Waals surface area contributed by atoms with Gasteiger partial charge in [0, 0.05) is 32.2 Å². The van der Waals surface area contributed by atoms with Crippen molar-refractivity contribution in [2.75, 3.05) is 39.9 Å². The Labute approximate surface area is 144 Å². The molecule has 0 aromatic heterocycles. The number of hydrogen-bond acceptors (Lipinski definition) is 4. The van der Waals surface area contributed by atoms with Crippen LogP contribution in [-0.4, -0.2) is 55.8 Å². The molecular weight excluding hydrogens is 304 g/mol. The first-order valence-electron chi connectivity index (χ1n) is 9.06. The highest BCUT2D eigenvalue weighted by molar-refractivity contribution is 5.67. The first-order valence-corrected chi connectivity index (χ1v) is 9.06. The summed E-state index contributed by atoms with van der Waals surface area (Å²) in [6.45, 7) is 5.75. The minimum absolute atomic E-state index is 0.176. The summed E-state index contributed by atoms with van der Waals surface area (Å²) < 4.78 is 10.7. The number of ether oxygens (including phenoxy) is 2. The summed E-state index contributed by atoms with van der Waals surface area (Å²) in [4.78, 5) is 16.4. The SMILES string of the molecule is CCOC(=O)N1CCCN([C@@H]2CCCc3c(OC)cccc32)CC1. The topological polar surface area (TPSA) is 42.0 Å². The van der Waals surface area contributed by atoms with E-state index in [9.17, 15) is 4.79 Å². The maximum absolute atomic E-state index is 12.0. The molecule has 1 aliphatic carbocycles. The van der Waals surface area contributed by atoms with Crippen molar-refractivity contribution in [2.24, 2.45) is 0 Å². The average Bonchev–Trinajstić information content (AvgIpc) is 2.87. The van der Waals surface area contributed by atoms with Crippen molar-refractivity contribution in [2.45, 2.75) is 38.6 Å². The predicted molar refractivity (Wildman–Crippen MR) is 93.5 cm³/mol. The molecule has 0 bridgehead atoms. The molecule has 1 aliphatic heterocycles. The molecule has 0 saturated carbocycles. The van der Waals surface area contributed by atoms with Crippen LogP contribution in [0.3, 0.4) is 0 Å². The smallest absolute Gasteiger partial charge is 0.409 e. The molecular formula is C19H28N2O3. The third kappa shape index (κ3) is 3.51. The number of carbonyl (C=O) groups excluding carboxylic acids is 1. The van der Waals surface area contributed by atoms with E-state index in [1.54, 1.807) is 7.11 Å². The van der Waals surface area contributed by atoms with Crippen LogP contribution < -0.4 is 4.74 Å². The molecule has 1 aromatic rings. The average molecular weight is 332 g/mol. The van der Waals surface area contributed by atoms with Gasteiger partial charge in [0.1, 0.15) is 5.75 Å². The lowest BCUT2D eigenvalue weighted by molar-refractivity contribution is 0.107. The number of hydrogen-bond donors (Lipinski definition) is 0. The maximum Gasteiger partial charge on any atom is 0.409 e. The van der Waals surface area contributed by atoms with E-state index >= 15 is 0 Å². The summed E-state index contributed by atoms with van der Waals surface area (Å²) in [6.07, 6.45) is 4.29. The normalized spacial score (nSPS) is 21.8. The number of amides is 1. The molecule has 5 heteroatoms. The van der Waals surface area contributed by atoms with E-state index in [0.29, 0.717) is 12.6 Å². The van der Waals surface area contributed by atoms with E-state index in [1.165, 1.54) is 24.0 Å². The van der Waals surface area contributed by atoms with E-state index in [-0.39, 0.29) is 6.09 Å². The second-order valence-corrected chi connectivity index (χ2v) is 6.51. The number of benzene rings is 1. The molecule has 3 rings (SSSR count). The molecule has 24 heavy (non-hydrogen) atoms. The van der Waals surface area contributed by atoms with Crippen molar-refractivity contribution < 1.29 is 14.3 Å². The quantitative estimate of drug-likeness (QED) is 0.852. The summed E-state index contributed by atoms with van der Waals surface area (Å²) in [5.41, 5.74) is 2.77. The van der Waals surface area contributed by atoms with E-state index in [4.69, 9.17) is 9.47 Å². The van der Waals surface area contributed by atoms with Crippen LogP contribution in [0.4, 0.5) is 4.79 Å². The molecule has 0 unspecified atom stereocenters. The van der Waals surface area contributed by atoms with Crippen molar-refractivity contribution in [1.82, 2.24) is 9.80 Å². The Balaban J connectivity index is 1.73. The van der Waals surface area contributed by atoms with Gasteiger partial charge in [-0.1, -0.05) is 12.1 Å². The van der Waals surface area contributed by atoms with Gasteiger partial charge in [0.15, 0.2) is 0 Å². The van der Waals surface area contributed by atoms with Gasteiger partial charge in [0.25, 0.3) is 0 Å². The molecule has 0 spiro atoms. The van der Waals surface area contributed by atoms with Crippen molar-refractivity contribution in [3.8, 4) is 5.75 Å². The number of nitrogens with zero attached hydrogens (tertiary/aromatic N) is 2. The van der Waals surface area contributed by atoms with Crippen LogP contribution in [0.5, 0.6) is 5.75 Å². The Morgan fingerprint density at radius 1 is 1.21 bits per heavy atom. The summed E-state index contributed by atoms with van der Waals surface area (Å²) in [5, 5.41) is 0. The van der Waals surface area contributed by atoms with E-state index < -0.39 is 0 Å². The minimum Gasteiger partial charge on any atom is -0.496 e. The highest BCUT2D eigenvalue weighted by Gasteiger charge is 2.29. The van der Waals surface area contributed by atoms with Crippen LogP contribution in [0.1, 0.15) is 43.4 Å². The van der Waals surface area contributed by atoms with E-state index in [2.05, 4.69) is 23.1 Å². The maximum atomic E-state index is 12.0. The molecule has 1 saturated heterocycles. The van der Waals surface area contributed by atoms with Gasteiger partial charge < -0.3 is 14.4 Å². The second kappa shape index (κ2) is 7.88. The molecule has 1 aromatic carbocycles. The van der Waals surface area contributed by atoms with E-state index in [0.717, 1.165) is 44.8 Å². The largest absolute Gasteiger partial charge is 0.496 e. The van der Waals surface area contributed by atoms with Gasteiger partial charge in [0.05, 0.1) is 13.7 Å². The summed E-state index contributed by atoms with van der Waals surface area (Å²) >= 11 is 0. The standard InChI is InChI=1S/C19H28N2O3/c1-3-24-19(22)21-12-6-11-20(13-14-21)17-9-4-8-16-15(17)7-5-10-18(16)23-2/h5,7,10,17H,3-4,6,8-9,11-14H2,1-2H3/t17-/m1/s1. The van der Waals surface area contributed by atoms with Gasteiger partial charge in [-0.3, -0.25) is 4.90 Å². The third-order valence-electron chi connectivity index (χ3n) is 5.15. The molecule has 0 radical (unpaired) electrons. The minimum atomic E-state index is -0.176. The van der Waals surface area contributed by atoms with Crippen LogP contribution in [-0.2, 0) is 11.2 Å². The lowest BCUT2D eigenvalue weighted by Crippen LogP contribution is -2.37. The van der Waals surface area contributed by atoms with Gasteiger partial charge in [-0.25, -0.2) is 4.79 Å². The third-order valence-corrected chi connectivity index (χ3v) is 5.15. The number of rotatable bonds is 3. The van der Waals surface area contributed by atoms with Crippen molar-refractivity contribution in [1.29, 1.82) is 0 Å². The highest BCUT2D eigenvalue weighted by Crippen LogP contribution is 2.38. The monoisotopic (exact) mass is 332 g/mol. The molecule has 1 atom stereocenters. The van der Waals surface area contributed by atoms with Crippen molar-refractivity contribution in [3.05, 3.63) is 29.3 Å². The van der Waals surface area contributed by atoms with Gasteiger partial charge in [-0.15, -0.1) is 0 Å². The van der Waals surface area contributed by atoms with Crippen molar-refractivity contribution >= 4 is 6.09 Å². The molecule has 2 aliphatic rings. The van der Waals surface area contributed by atoms with Crippen LogP contribution in [0.25, 0.3) is 0 Å². The lowest BCUT2D eigenvalue weighted by Gasteiger charge is -2.35. The Hall–Kier alpha value is -1.75. The molecule has 1 fully saturated rings. The summed E-state index contributed by atoms with van der Waals surface area (Å²) in [5.74, 6) is 1.01. The first-order chi connectivity index (χ1) is 11.7. The van der Waals surface area contributed by atoms with Gasteiger partial charge in [-0.05, 0) is 49.8 Å². The fourth-order valence-corrected chi connectivity index (χ4v) is 4.01. The number of fused-ring (bicyclic) bond motifs is 1. The fraction of sp³-hybridized carbons (Fsp3) is 0.632.